The number of hydrogen-bond acceptors (Lipinski definition) is 5. The molecule has 0 aromatic carbocycles. The summed E-state index contributed by atoms with van der Waals surface area (Å²) in [6, 6.07) is 4.07. The summed E-state index contributed by atoms with van der Waals surface area (Å²) in [6.45, 7) is 2.70. The van der Waals surface area contributed by atoms with E-state index in [-0.39, 0.29) is 0 Å². The average Bonchev–Trinajstić information content (AvgIpc) is 3.18. The summed E-state index contributed by atoms with van der Waals surface area (Å²) in [5.74, 6) is 2.01. The third-order valence-electron chi connectivity index (χ3n) is 4.79. The number of nitrogen functional groups attached to an aromatic ring is 1. The van der Waals surface area contributed by atoms with E-state index in [9.17, 15) is 0 Å². The fraction of sp³-hybridized carbons (Fsp3) is 0.444. The first kappa shape index (κ1) is 15.1. The lowest BCUT2D eigenvalue weighted by Crippen LogP contribution is -2.08. The molecule has 0 unspecified atom stereocenters. The van der Waals surface area contributed by atoms with E-state index in [0.29, 0.717) is 23.8 Å². The van der Waals surface area contributed by atoms with E-state index in [0.717, 1.165) is 23.6 Å². The number of nitrogens with zero attached hydrogens (tertiary/aromatic N) is 5. The van der Waals surface area contributed by atoms with Gasteiger partial charge < -0.3 is 10.3 Å². The van der Waals surface area contributed by atoms with Crippen molar-refractivity contribution in [2.45, 2.75) is 45.6 Å². The number of hydrogen-bond donors (Lipinski definition) is 1. The molecule has 6 nitrogen and oxygen atoms in total. The molecule has 0 saturated heterocycles. The summed E-state index contributed by atoms with van der Waals surface area (Å²) in [6.07, 6.45) is 9.70. The summed E-state index contributed by atoms with van der Waals surface area (Å²) in [4.78, 5) is 18.1. The molecule has 3 aromatic heterocycles. The van der Waals surface area contributed by atoms with E-state index in [1.807, 2.05) is 16.8 Å². The lowest BCUT2D eigenvalue weighted by Gasteiger charge is -2.09. The Bertz CT molecular complexity index is 863. The van der Waals surface area contributed by atoms with Crippen LogP contribution in [0.15, 0.2) is 24.7 Å². The second-order valence-corrected chi connectivity index (χ2v) is 6.75. The quantitative estimate of drug-likeness (QED) is 0.798. The Labute approximate surface area is 141 Å². The number of nitrogens with two attached hydrogens (primary N) is 1. The zero-order chi connectivity index (χ0) is 16.5. The maximum atomic E-state index is 6.12. The van der Waals surface area contributed by atoms with Gasteiger partial charge in [-0.05, 0) is 30.5 Å². The van der Waals surface area contributed by atoms with Crippen LogP contribution in [0.2, 0.25) is 0 Å². The topological polar surface area (TPSA) is 82.5 Å². The minimum Gasteiger partial charge on any atom is -0.382 e. The van der Waals surface area contributed by atoms with Crippen molar-refractivity contribution in [1.82, 2.24) is 24.5 Å². The molecule has 1 saturated carbocycles. The molecule has 1 fully saturated rings. The van der Waals surface area contributed by atoms with E-state index in [4.69, 9.17) is 10.7 Å². The van der Waals surface area contributed by atoms with Crippen LogP contribution in [0.5, 0.6) is 0 Å². The van der Waals surface area contributed by atoms with Crippen molar-refractivity contribution in [3.8, 4) is 0 Å². The van der Waals surface area contributed by atoms with Crippen LogP contribution in [0.3, 0.4) is 0 Å². The first-order valence-electron chi connectivity index (χ1n) is 8.58. The largest absolute Gasteiger partial charge is 0.382 e. The molecule has 0 atom stereocenters. The van der Waals surface area contributed by atoms with E-state index >= 15 is 0 Å². The predicted molar refractivity (Wildman–Crippen MR) is 93.5 cm³/mol. The Balaban J connectivity index is 1.67. The summed E-state index contributed by atoms with van der Waals surface area (Å²) >= 11 is 0. The highest BCUT2D eigenvalue weighted by Crippen LogP contribution is 2.28. The van der Waals surface area contributed by atoms with Crippen LogP contribution in [0, 0.1) is 12.8 Å². The zero-order valence-corrected chi connectivity index (χ0v) is 13.9. The van der Waals surface area contributed by atoms with Crippen LogP contribution < -0.4 is 5.73 Å². The normalized spacial score (nSPS) is 15.4. The molecule has 6 heteroatoms. The fourth-order valence-electron chi connectivity index (χ4n) is 3.55. The number of aromatic nitrogens is 5. The Morgan fingerprint density at radius 3 is 2.83 bits per heavy atom. The highest BCUT2D eigenvalue weighted by molar-refractivity contribution is 5.81. The molecule has 24 heavy (non-hydrogen) atoms. The summed E-state index contributed by atoms with van der Waals surface area (Å²) in [5, 5.41) is 0. The van der Waals surface area contributed by atoms with Gasteiger partial charge in [-0.2, -0.15) is 0 Å². The Kier molecular flexibility index (Phi) is 3.88. The molecule has 3 aromatic rings. The van der Waals surface area contributed by atoms with Gasteiger partial charge in [0.2, 0.25) is 0 Å². The predicted octanol–water partition coefficient (Wildman–Crippen LogP) is 2.89. The minimum atomic E-state index is 0.476. The van der Waals surface area contributed by atoms with Gasteiger partial charge >= 0.3 is 0 Å². The molecule has 0 spiro atoms. The fourth-order valence-corrected chi connectivity index (χ4v) is 3.55. The number of anilines is 1. The molecule has 0 amide bonds. The van der Waals surface area contributed by atoms with Gasteiger partial charge in [-0.3, -0.25) is 4.98 Å². The van der Waals surface area contributed by atoms with Crippen molar-refractivity contribution in [3.05, 3.63) is 41.7 Å². The summed E-state index contributed by atoms with van der Waals surface area (Å²) in [5.41, 5.74) is 9.79. The minimum absolute atomic E-state index is 0.476. The average molecular weight is 322 g/mol. The van der Waals surface area contributed by atoms with Crippen molar-refractivity contribution < 1.29 is 0 Å². The van der Waals surface area contributed by atoms with E-state index < -0.39 is 0 Å². The molecular weight excluding hydrogens is 300 g/mol. The van der Waals surface area contributed by atoms with Crippen LogP contribution in [-0.4, -0.2) is 24.5 Å². The molecular formula is C18H22N6. The molecule has 2 N–H and O–H groups in total. The first-order chi connectivity index (χ1) is 11.7. The molecule has 1 aliphatic carbocycles. The van der Waals surface area contributed by atoms with Crippen LogP contribution in [-0.2, 0) is 13.0 Å². The second-order valence-electron chi connectivity index (χ2n) is 6.75. The maximum Gasteiger partial charge on any atom is 0.166 e. The number of fused-ring (bicyclic) bond motifs is 1. The van der Waals surface area contributed by atoms with Crippen LogP contribution in [0.25, 0.3) is 11.2 Å². The second kappa shape index (κ2) is 6.19. The number of aryl methyl sites for hydroxylation is 1. The third-order valence-corrected chi connectivity index (χ3v) is 4.79. The van der Waals surface area contributed by atoms with Gasteiger partial charge in [-0.15, -0.1) is 0 Å². The van der Waals surface area contributed by atoms with Crippen molar-refractivity contribution in [2.75, 3.05) is 5.73 Å². The third kappa shape index (κ3) is 2.96. The van der Waals surface area contributed by atoms with Crippen molar-refractivity contribution in [2.24, 2.45) is 5.92 Å². The lowest BCUT2D eigenvalue weighted by atomic mass is 10.0. The maximum absolute atomic E-state index is 6.12. The van der Waals surface area contributed by atoms with E-state index in [2.05, 4.69) is 27.9 Å². The first-order valence-corrected chi connectivity index (χ1v) is 8.58. The van der Waals surface area contributed by atoms with Crippen LogP contribution >= 0.6 is 0 Å². The van der Waals surface area contributed by atoms with Gasteiger partial charge in [0.1, 0.15) is 11.3 Å². The van der Waals surface area contributed by atoms with Crippen molar-refractivity contribution in [3.63, 3.8) is 0 Å². The molecule has 0 bridgehead atoms. The van der Waals surface area contributed by atoms with Gasteiger partial charge in [0.05, 0.1) is 18.6 Å². The van der Waals surface area contributed by atoms with Gasteiger partial charge in [0.15, 0.2) is 11.5 Å². The van der Waals surface area contributed by atoms with Gasteiger partial charge in [-0.1, -0.05) is 25.7 Å². The highest BCUT2D eigenvalue weighted by Gasteiger charge is 2.19. The van der Waals surface area contributed by atoms with Crippen LogP contribution in [0.4, 0.5) is 5.82 Å². The number of imidazole rings is 1. The SMILES string of the molecule is Cc1ccnc(Cn2cnc3c(N)nc(CC4CCCC4)nc32)c1. The van der Waals surface area contributed by atoms with Gasteiger partial charge in [-0.25, -0.2) is 15.0 Å². The van der Waals surface area contributed by atoms with Crippen LogP contribution in [0.1, 0.15) is 42.8 Å². The van der Waals surface area contributed by atoms with E-state index in [1.165, 1.54) is 31.2 Å². The van der Waals surface area contributed by atoms with Crippen molar-refractivity contribution in [1.29, 1.82) is 0 Å². The Hall–Kier alpha value is -2.50. The summed E-state index contributed by atoms with van der Waals surface area (Å²) < 4.78 is 2.01. The summed E-state index contributed by atoms with van der Waals surface area (Å²) in [7, 11) is 0. The van der Waals surface area contributed by atoms with E-state index in [1.54, 1.807) is 6.33 Å². The molecule has 0 radical (unpaired) electrons. The van der Waals surface area contributed by atoms with Gasteiger partial charge in [0.25, 0.3) is 0 Å². The van der Waals surface area contributed by atoms with Crippen molar-refractivity contribution >= 4 is 17.0 Å². The smallest absolute Gasteiger partial charge is 0.166 e. The standard InChI is InChI=1S/C18H22N6/c1-12-6-7-20-14(8-12)10-24-11-21-16-17(19)22-15(23-18(16)24)9-13-4-2-3-5-13/h6-8,11,13H,2-5,9-10H2,1H3,(H2,19,22,23). The molecule has 3 heterocycles. The highest BCUT2D eigenvalue weighted by atomic mass is 15.1. The monoisotopic (exact) mass is 322 g/mol. The Morgan fingerprint density at radius 2 is 2.04 bits per heavy atom. The number of rotatable bonds is 4. The molecule has 0 aliphatic heterocycles. The Morgan fingerprint density at radius 1 is 1.21 bits per heavy atom. The molecule has 124 valence electrons. The lowest BCUT2D eigenvalue weighted by molar-refractivity contribution is 0.531. The molecule has 1 aliphatic rings. The number of pyridine rings is 1. The van der Waals surface area contributed by atoms with Gasteiger partial charge in [0, 0.05) is 12.6 Å². The molecule has 4 rings (SSSR count). The zero-order valence-electron chi connectivity index (χ0n) is 13.9.